The summed E-state index contributed by atoms with van der Waals surface area (Å²) in [7, 11) is -1.78. The highest BCUT2D eigenvalue weighted by atomic mass is 32.2. The van der Waals surface area contributed by atoms with Crippen molar-refractivity contribution < 1.29 is 17.9 Å². The highest BCUT2D eigenvalue weighted by molar-refractivity contribution is 7.89. The average molecular weight is 340 g/mol. The van der Waals surface area contributed by atoms with Crippen LogP contribution >= 0.6 is 0 Å². The highest BCUT2D eigenvalue weighted by Crippen LogP contribution is 2.34. The Morgan fingerprint density at radius 3 is 2.91 bits per heavy atom. The summed E-state index contributed by atoms with van der Waals surface area (Å²) < 4.78 is 38.7. The molecule has 2 atom stereocenters. The third kappa shape index (κ3) is 3.38. The first kappa shape index (κ1) is 16.7. The van der Waals surface area contributed by atoms with Crippen LogP contribution in [0.5, 0.6) is 5.75 Å². The molecule has 0 radical (unpaired) electrons. The van der Waals surface area contributed by atoms with E-state index in [1.54, 1.807) is 11.4 Å². The third-order valence-electron chi connectivity index (χ3n) is 4.56. The Morgan fingerprint density at radius 2 is 2.17 bits per heavy atom. The second kappa shape index (κ2) is 7.17. The lowest BCUT2D eigenvalue weighted by Gasteiger charge is -2.38. The molecule has 2 saturated heterocycles. The number of rotatable bonds is 4. The van der Waals surface area contributed by atoms with Gasteiger partial charge in [0.25, 0.3) is 0 Å². The molecule has 1 N–H and O–H groups in total. The minimum Gasteiger partial charge on any atom is -0.496 e. The number of sulfonamides is 1. The predicted octanol–water partition coefficient (Wildman–Crippen LogP) is 1.15. The van der Waals surface area contributed by atoms with Gasteiger partial charge in [-0.15, -0.1) is 0 Å². The maximum Gasteiger partial charge on any atom is 0.219 e. The Bertz CT molecular complexity index is 629. The van der Waals surface area contributed by atoms with E-state index in [-0.39, 0.29) is 6.04 Å². The van der Waals surface area contributed by atoms with Gasteiger partial charge in [0.2, 0.25) is 10.0 Å². The Kier molecular flexibility index (Phi) is 5.21. The smallest absolute Gasteiger partial charge is 0.219 e. The molecule has 1 aromatic rings. The Labute approximate surface area is 137 Å². The minimum absolute atomic E-state index is 0.244. The number of ether oxygens (including phenoxy) is 2. The van der Waals surface area contributed by atoms with Crippen LogP contribution in [-0.2, 0) is 14.8 Å². The number of nitrogens with zero attached hydrogens (tertiary/aromatic N) is 1. The van der Waals surface area contributed by atoms with Gasteiger partial charge in [-0.05, 0) is 18.9 Å². The molecule has 3 rings (SSSR count). The lowest BCUT2D eigenvalue weighted by atomic mass is 10.0. The number of piperazine rings is 1. The molecule has 2 heterocycles. The van der Waals surface area contributed by atoms with Gasteiger partial charge in [-0.1, -0.05) is 18.2 Å². The summed E-state index contributed by atoms with van der Waals surface area (Å²) in [4.78, 5) is 0. The number of hydrogen-bond acceptors (Lipinski definition) is 5. The van der Waals surface area contributed by atoms with Gasteiger partial charge in [-0.2, -0.15) is 4.31 Å². The molecule has 0 spiro atoms. The molecule has 2 fully saturated rings. The van der Waals surface area contributed by atoms with E-state index in [1.807, 2.05) is 24.3 Å². The molecule has 0 bridgehead atoms. The van der Waals surface area contributed by atoms with E-state index in [1.165, 1.54) is 0 Å². The standard InChI is InChI=1S/C16H24N2O4S/c1-21-16-7-3-2-6-14(16)15-11-17-8-9-18(15)23(19,20)13-5-4-10-22-12-13/h2-3,6-7,13,15,17H,4-5,8-12H2,1H3. The fourth-order valence-corrected chi connectivity index (χ4v) is 5.34. The van der Waals surface area contributed by atoms with Crippen LogP contribution in [0.4, 0.5) is 0 Å². The van der Waals surface area contributed by atoms with Crippen LogP contribution in [0.1, 0.15) is 24.4 Å². The van der Waals surface area contributed by atoms with Crippen LogP contribution in [0.15, 0.2) is 24.3 Å². The number of hydrogen-bond donors (Lipinski definition) is 1. The van der Waals surface area contributed by atoms with Gasteiger partial charge in [0, 0.05) is 31.8 Å². The number of methoxy groups -OCH3 is 1. The van der Waals surface area contributed by atoms with Crippen LogP contribution < -0.4 is 10.1 Å². The van der Waals surface area contributed by atoms with E-state index < -0.39 is 15.3 Å². The molecule has 0 saturated carbocycles. The van der Waals surface area contributed by atoms with Crippen molar-refractivity contribution in [3.63, 3.8) is 0 Å². The second-order valence-corrected chi connectivity index (χ2v) is 8.12. The van der Waals surface area contributed by atoms with Crippen molar-refractivity contribution >= 4 is 10.0 Å². The molecule has 128 valence electrons. The maximum atomic E-state index is 13.1. The molecule has 7 heteroatoms. The third-order valence-corrected chi connectivity index (χ3v) is 6.86. The summed E-state index contributed by atoms with van der Waals surface area (Å²) >= 11 is 0. The Hall–Kier alpha value is -1.15. The molecule has 23 heavy (non-hydrogen) atoms. The second-order valence-electron chi connectivity index (χ2n) is 5.96. The zero-order chi connectivity index (χ0) is 16.3. The maximum absolute atomic E-state index is 13.1. The van der Waals surface area contributed by atoms with Crippen LogP contribution in [0, 0.1) is 0 Å². The van der Waals surface area contributed by atoms with Crippen molar-refractivity contribution in [1.82, 2.24) is 9.62 Å². The number of nitrogens with one attached hydrogen (secondary N) is 1. The van der Waals surface area contributed by atoms with Crippen LogP contribution in [0.3, 0.4) is 0 Å². The Balaban J connectivity index is 1.92. The molecule has 2 unspecified atom stereocenters. The van der Waals surface area contributed by atoms with E-state index in [0.29, 0.717) is 39.3 Å². The summed E-state index contributed by atoms with van der Waals surface area (Å²) in [5.74, 6) is 0.723. The monoisotopic (exact) mass is 340 g/mol. The quantitative estimate of drug-likeness (QED) is 0.891. The van der Waals surface area contributed by atoms with Crippen LogP contribution in [0.25, 0.3) is 0 Å². The summed E-state index contributed by atoms with van der Waals surface area (Å²) in [6.45, 7) is 2.68. The largest absolute Gasteiger partial charge is 0.496 e. The number of benzene rings is 1. The van der Waals surface area contributed by atoms with Gasteiger partial charge >= 0.3 is 0 Å². The molecular formula is C16H24N2O4S. The summed E-state index contributed by atoms with van der Waals surface area (Å²) in [6, 6.07) is 7.38. The van der Waals surface area contributed by atoms with Crippen molar-refractivity contribution in [3.8, 4) is 5.75 Å². The summed E-state index contributed by atoms with van der Waals surface area (Å²) in [5, 5.41) is 2.86. The zero-order valence-electron chi connectivity index (χ0n) is 13.4. The van der Waals surface area contributed by atoms with Crippen molar-refractivity contribution in [2.45, 2.75) is 24.1 Å². The van der Waals surface area contributed by atoms with Gasteiger partial charge < -0.3 is 14.8 Å². The van der Waals surface area contributed by atoms with Crippen molar-refractivity contribution in [1.29, 1.82) is 0 Å². The van der Waals surface area contributed by atoms with Crippen LogP contribution in [-0.4, -0.2) is 57.9 Å². The van der Waals surface area contributed by atoms with Crippen LogP contribution in [0.2, 0.25) is 0 Å². The van der Waals surface area contributed by atoms with E-state index in [4.69, 9.17) is 9.47 Å². The lowest BCUT2D eigenvalue weighted by Crippen LogP contribution is -2.52. The average Bonchev–Trinajstić information content (AvgIpc) is 2.62. The molecule has 0 aromatic heterocycles. The fraction of sp³-hybridized carbons (Fsp3) is 0.625. The zero-order valence-corrected chi connectivity index (χ0v) is 14.2. The van der Waals surface area contributed by atoms with Gasteiger partial charge in [-0.3, -0.25) is 0 Å². The van der Waals surface area contributed by atoms with Crippen molar-refractivity contribution in [2.24, 2.45) is 0 Å². The van der Waals surface area contributed by atoms with E-state index >= 15 is 0 Å². The Morgan fingerprint density at radius 1 is 1.35 bits per heavy atom. The fourth-order valence-electron chi connectivity index (χ4n) is 3.33. The normalized spacial score (nSPS) is 26.8. The topological polar surface area (TPSA) is 67.9 Å². The summed E-state index contributed by atoms with van der Waals surface area (Å²) in [5.41, 5.74) is 0.905. The van der Waals surface area contributed by atoms with Gasteiger partial charge in [0.15, 0.2) is 0 Å². The molecule has 6 nitrogen and oxygen atoms in total. The first-order chi connectivity index (χ1) is 11.1. The van der Waals surface area contributed by atoms with Gasteiger partial charge in [-0.25, -0.2) is 8.42 Å². The lowest BCUT2D eigenvalue weighted by molar-refractivity contribution is 0.0963. The molecule has 1 aromatic carbocycles. The van der Waals surface area contributed by atoms with E-state index in [2.05, 4.69) is 5.32 Å². The predicted molar refractivity (Wildman–Crippen MR) is 88.1 cm³/mol. The first-order valence-corrected chi connectivity index (χ1v) is 9.57. The molecule has 2 aliphatic heterocycles. The highest BCUT2D eigenvalue weighted by Gasteiger charge is 2.40. The summed E-state index contributed by atoms with van der Waals surface area (Å²) in [6.07, 6.45) is 1.47. The molecular weight excluding hydrogens is 316 g/mol. The molecule has 2 aliphatic rings. The van der Waals surface area contributed by atoms with Crippen molar-refractivity contribution in [3.05, 3.63) is 29.8 Å². The van der Waals surface area contributed by atoms with E-state index in [0.717, 1.165) is 17.7 Å². The van der Waals surface area contributed by atoms with Gasteiger partial charge in [0.1, 0.15) is 5.75 Å². The first-order valence-electron chi connectivity index (χ1n) is 8.06. The molecule has 0 aliphatic carbocycles. The number of para-hydroxylation sites is 1. The SMILES string of the molecule is COc1ccccc1C1CNCCN1S(=O)(=O)C1CCCOC1. The van der Waals surface area contributed by atoms with Crippen molar-refractivity contribution in [2.75, 3.05) is 40.0 Å². The minimum atomic E-state index is -3.39. The molecule has 0 amide bonds. The van der Waals surface area contributed by atoms with Gasteiger partial charge in [0.05, 0.1) is 25.0 Å². The van der Waals surface area contributed by atoms with E-state index in [9.17, 15) is 8.42 Å².